The van der Waals surface area contributed by atoms with E-state index in [4.69, 9.17) is 0 Å². The van der Waals surface area contributed by atoms with Crippen LogP contribution >= 0.6 is 0 Å². The molecule has 1 N–H and O–H groups in total. The summed E-state index contributed by atoms with van der Waals surface area (Å²) in [4.78, 5) is 24.5. The molecule has 2 heterocycles. The molecule has 32 heavy (non-hydrogen) atoms. The van der Waals surface area contributed by atoms with Gasteiger partial charge in [0, 0.05) is 43.6 Å². The van der Waals surface area contributed by atoms with E-state index in [2.05, 4.69) is 10.1 Å². The highest BCUT2D eigenvalue weighted by atomic mass is 19.1. The maximum atomic E-state index is 13.2. The Morgan fingerprint density at radius 2 is 1.75 bits per heavy atom. The Bertz CT molecular complexity index is 1050. The Balaban J connectivity index is 0.000000360. The number of aromatic nitrogens is 1. The number of nitrogens with one attached hydrogen (secondary N) is 1. The van der Waals surface area contributed by atoms with Crippen molar-refractivity contribution >= 4 is 23.3 Å². The minimum absolute atomic E-state index is 0.0554. The first-order valence-electron chi connectivity index (χ1n) is 10.7. The maximum Gasteiger partial charge on any atom is 0.293 e. The Morgan fingerprint density at radius 3 is 2.34 bits per heavy atom. The standard InChI is InChI=1S/C20H20FN3O.C5H10O2/c21-17-7-5-15(6-8-17)14-24-18-4-2-1-3-16(18)13-19(24)20(25)23-11-9-22-10-12-23;1-5(2,3)7-4-6/h1-8,13,22H,9-12,14H2;4H,1-3H3. The van der Waals surface area contributed by atoms with Crippen LogP contribution in [0, 0.1) is 5.82 Å². The number of carbonyl (C=O) groups excluding carboxylic acids is 2. The van der Waals surface area contributed by atoms with Crippen molar-refractivity contribution in [3.05, 3.63) is 71.7 Å². The SMILES string of the molecule is CC(C)(C)OC=O.O=C(c1cc2ccccc2n1Cc1ccc(F)cc1)N1CCNCC1. The third kappa shape index (κ3) is 6.17. The lowest BCUT2D eigenvalue weighted by Gasteiger charge is -2.27. The van der Waals surface area contributed by atoms with Crippen molar-refractivity contribution < 1.29 is 18.7 Å². The lowest BCUT2D eigenvalue weighted by atomic mass is 10.2. The summed E-state index contributed by atoms with van der Waals surface area (Å²) in [5, 5.41) is 4.32. The number of amides is 1. The molecular formula is C25H30FN3O3. The van der Waals surface area contributed by atoms with Crippen molar-refractivity contribution in [2.45, 2.75) is 32.9 Å². The molecule has 1 aliphatic heterocycles. The molecule has 6 nitrogen and oxygen atoms in total. The number of nitrogens with zero attached hydrogens (tertiary/aromatic N) is 2. The molecule has 3 aromatic rings. The monoisotopic (exact) mass is 439 g/mol. The molecule has 7 heteroatoms. The smallest absolute Gasteiger partial charge is 0.293 e. The molecule has 4 rings (SSSR count). The number of rotatable bonds is 4. The number of benzene rings is 2. The molecule has 0 unspecified atom stereocenters. The molecule has 1 saturated heterocycles. The molecular weight excluding hydrogens is 409 g/mol. The highest BCUT2D eigenvalue weighted by Crippen LogP contribution is 2.23. The molecule has 0 bridgehead atoms. The van der Waals surface area contributed by atoms with Crippen LogP contribution in [0.4, 0.5) is 4.39 Å². The highest BCUT2D eigenvalue weighted by molar-refractivity contribution is 5.99. The predicted octanol–water partition coefficient (Wildman–Crippen LogP) is 3.83. The van der Waals surface area contributed by atoms with Crippen molar-refractivity contribution in [1.29, 1.82) is 0 Å². The Kier molecular flexibility index (Phi) is 7.64. The van der Waals surface area contributed by atoms with Crippen LogP contribution in [-0.4, -0.2) is 53.6 Å². The number of piperazine rings is 1. The molecule has 0 aliphatic carbocycles. The third-order valence-corrected chi connectivity index (χ3v) is 5.09. The quantitative estimate of drug-likeness (QED) is 0.628. The van der Waals surface area contributed by atoms with Gasteiger partial charge in [0.05, 0.1) is 0 Å². The average Bonchev–Trinajstić information content (AvgIpc) is 3.13. The molecule has 1 amide bonds. The van der Waals surface area contributed by atoms with Gasteiger partial charge in [0.1, 0.15) is 17.1 Å². The van der Waals surface area contributed by atoms with Crippen LogP contribution in [0.25, 0.3) is 10.9 Å². The summed E-state index contributed by atoms with van der Waals surface area (Å²) in [6.45, 7) is 9.55. The first-order chi connectivity index (χ1) is 15.3. The number of carbonyl (C=O) groups is 2. The van der Waals surface area contributed by atoms with E-state index in [0.717, 1.165) is 42.6 Å². The zero-order valence-corrected chi connectivity index (χ0v) is 18.8. The van der Waals surface area contributed by atoms with Crippen LogP contribution < -0.4 is 5.32 Å². The lowest BCUT2D eigenvalue weighted by Crippen LogP contribution is -2.46. The van der Waals surface area contributed by atoms with Gasteiger partial charge in [0.2, 0.25) is 0 Å². The topological polar surface area (TPSA) is 63.6 Å². The van der Waals surface area contributed by atoms with Crippen LogP contribution in [0.15, 0.2) is 54.6 Å². The second-order valence-corrected chi connectivity index (χ2v) is 8.67. The normalized spacial score (nSPS) is 13.9. The van der Waals surface area contributed by atoms with E-state index in [1.807, 2.05) is 60.6 Å². The first kappa shape index (κ1) is 23.5. The fraction of sp³-hybridized carbons (Fsp3) is 0.360. The summed E-state index contributed by atoms with van der Waals surface area (Å²) in [6, 6.07) is 16.4. The number of halogens is 1. The summed E-state index contributed by atoms with van der Waals surface area (Å²) < 4.78 is 19.8. The number of hydrogen-bond acceptors (Lipinski definition) is 4. The zero-order valence-electron chi connectivity index (χ0n) is 18.8. The van der Waals surface area contributed by atoms with Gasteiger partial charge in [0.15, 0.2) is 0 Å². The predicted molar refractivity (Wildman–Crippen MR) is 123 cm³/mol. The number of para-hydroxylation sites is 1. The molecule has 0 radical (unpaired) electrons. The van der Waals surface area contributed by atoms with Gasteiger partial charge in [-0.1, -0.05) is 30.3 Å². The van der Waals surface area contributed by atoms with Crippen LogP contribution in [-0.2, 0) is 16.1 Å². The fourth-order valence-corrected chi connectivity index (χ4v) is 3.50. The molecule has 1 aromatic heterocycles. The summed E-state index contributed by atoms with van der Waals surface area (Å²) in [5.41, 5.74) is 2.36. The van der Waals surface area contributed by atoms with Crippen LogP contribution in [0.2, 0.25) is 0 Å². The largest absolute Gasteiger partial charge is 0.462 e. The fourth-order valence-electron chi connectivity index (χ4n) is 3.50. The van der Waals surface area contributed by atoms with Gasteiger partial charge in [-0.25, -0.2) is 4.39 Å². The summed E-state index contributed by atoms with van der Waals surface area (Å²) in [7, 11) is 0. The number of ether oxygens (including phenoxy) is 1. The van der Waals surface area contributed by atoms with Crippen LogP contribution in [0.1, 0.15) is 36.8 Å². The minimum Gasteiger partial charge on any atom is -0.462 e. The number of fused-ring (bicyclic) bond motifs is 1. The van der Waals surface area contributed by atoms with Crippen LogP contribution in [0.5, 0.6) is 0 Å². The molecule has 0 saturated carbocycles. The average molecular weight is 440 g/mol. The van der Waals surface area contributed by atoms with E-state index < -0.39 is 0 Å². The second-order valence-electron chi connectivity index (χ2n) is 8.67. The van der Waals surface area contributed by atoms with E-state index in [9.17, 15) is 14.0 Å². The lowest BCUT2D eigenvalue weighted by molar-refractivity contribution is -0.138. The minimum atomic E-state index is -0.318. The maximum absolute atomic E-state index is 13.2. The molecule has 0 spiro atoms. The van der Waals surface area contributed by atoms with Crippen molar-refractivity contribution in [1.82, 2.24) is 14.8 Å². The van der Waals surface area contributed by atoms with E-state index in [1.54, 1.807) is 12.1 Å². The third-order valence-electron chi connectivity index (χ3n) is 5.09. The highest BCUT2D eigenvalue weighted by Gasteiger charge is 2.22. The summed E-state index contributed by atoms with van der Waals surface area (Å²) in [5.74, 6) is -0.196. The summed E-state index contributed by atoms with van der Waals surface area (Å²) in [6.07, 6.45) is 0. The van der Waals surface area contributed by atoms with E-state index in [0.29, 0.717) is 18.7 Å². The van der Waals surface area contributed by atoms with E-state index >= 15 is 0 Å². The van der Waals surface area contributed by atoms with Crippen molar-refractivity contribution in [2.75, 3.05) is 26.2 Å². The van der Waals surface area contributed by atoms with Crippen molar-refractivity contribution in [3.8, 4) is 0 Å². The van der Waals surface area contributed by atoms with Gasteiger partial charge in [0.25, 0.3) is 12.4 Å². The van der Waals surface area contributed by atoms with E-state index in [1.165, 1.54) is 12.1 Å². The van der Waals surface area contributed by atoms with Crippen molar-refractivity contribution in [3.63, 3.8) is 0 Å². The van der Waals surface area contributed by atoms with Gasteiger partial charge in [-0.15, -0.1) is 0 Å². The van der Waals surface area contributed by atoms with Crippen molar-refractivity contribution in [2.24, 2.45) is 0 Å². The zero-order chi connectivity index (χ0) is 23.1. The number of hydrogen-bond donors (Lipinski definition) is 1. The van der Waals surface area contributed by atoms with E-state index in [-0.39, 0.29) is 17.3 Å². The molecule has 0 atom stereocenters. The summed E-state index contributed by atoms with van der Waals surface area (Å²) >= 11 is 0. The Morgan fingerprint density at radius 1 is 1.09 bits per heavy atom. The second kappa shape index (κ2) is 10.4. The first-order valence-corrected chi connectivity index (χ1v) is 10.7. The van der Waals surface area contributed by atoms with Gasteiger partial charge < -0.3 is 19.5 Å². The van der Waals surface area contributed by atoms with Gasteiger partial charge >= 0.3 is 0 Å². The Labute approximate surface area is 188 Å². The molecule has 170 valence electrons. The Hall–Kier alpha value is -3.19. The van der Waals surface area contributed by atoms with Gasteiger partial charge in [-0.3, -0.25) is 9.59 Å². The van der Waals surface area contributed by atoms with Crippen LogP contribution in [0.3, 0.4) is 0 Å². The molecule has 1 fully saturated rings. The van der Waals surface area contributed by atoms with Gasteiger partial charge in [-0.05, 0) is 50.6 Å². The molecule has 1 aliphatic rings. The molecule has 2 aromatic carbocycles. The van der Waals surface area contributed by atoms with Gasteiger partial charge in [-0.2, -0.15) is 0 Å².